The summed E-state index contributed by atoms with van der Waals surface area (Å²) in [6.45, 7) is 12.6. The first-order valence-electron chi connectivity index (χ1n) is 6.91. The summed E-state index contributed by atoms with van der Waals surface area (Å²) in [5, 5.41) is 1.94. The molecule has 0 aliphatic carbocycles. The van der Waals surface area contributed by atoms with Gasteiger partial charge < -0.3 is 4.90 Å². The minimum absolute atomic E-state index is 0.0566. The van der Waals surface area contributed by atoms with Gasteiger partial charge >= 0.3 is 0 Å². The first-order chi connectivity index (χ1) is 10.6. The summed E-state index contributed by atoms with van der Waals surface area (Å²) in [5.74, 6) is 0.406. The van der Waals surface area contributed by atoms with Crippen molar-refractivity contribution in [2.75, 3.05) is 18.8 Å². The van der Waals surface area contributed by atoms with Crippen LogP contribution in [-0.2, 0) is 4.79 Å². The van der Waals surface area contributed by atoms with Crippen LogP contribution in [-0.4, -0.2) is 39.6 Å². The summed E-state index contributed by atoms with van der Waals surface area (Å²) >= 11 is 3.12. The lowest BCUT2D eigenvalue weighted by Gasteiger charge is -2.18. The molecule has 0 aromatic carbocycles. The van der Waals surface area contributed by atoms with Crippen molar-refractivity contribution in [3.63, 3.8) is 0 Å². The van der Waals surface area contributed by atoms with Crippen molar-refractivity contribution < 1.29 is 4.79 Å². The van der Waals surface area contributed by atoms with Gasteiger partial charge in [0.25, 0.3) is 0 Å². The fraction of sp³-hybridized carbons (Fsp3) is 0.312. The third kappa shape index (κ3) is 3.56. The van der Waals surface area contributed by atoms with Crippen LogP contribution >= 0.6 is 23.1 Å². The van der Waals surface area contributed by atoms with Gasteiger partial charge in [-0.05, 0) is 19.4 Å². The SMILES string of the molecule is C=CCN(CC=C)C(=O)CSc1ncnc2sc(C)c(C)c12. The fourth-order valence-corrected chi connectivity index (χ4v) is 4.09. The zero-order valence-corrected chi connectivity index (χ0v) is 14.5. The molecule has 4 nitrogen and oxygen atoms in total. The lowest BCUT2D eigenvalue weighted by molar-refractivity contribution is -0.127. The molecule has 0 aliphatic rings. The van der Waals surface area contributed by atoms with Crippen LogP contribution in [0.1, 0.15) is 10.4 Å². The second kappa shape index (κ2) is 7.56. The van der Waals surface area contributed by atoms with Crippen molar-refractivity contribution in [3.05, 3.63) is 42.1 Å². The van der Waals surface area contributed by atoms with Gasteiger partial charge in [0, 0.05) is 23.4 Å². The Morgan fingerprint density at radius 1 is 1.32 bits per heavy atom. The van der Waals surface area contributed by atoms with Crippen LogP contribution < -0.4 is 0 Å². The maximum absolute atomic E-state index is 12.3. The van der Waals surface area contributed by atoms with E-state index in [1.807, 2.05) is 0 Å². The van der Waals surface area contributed by atoms with Gasteiger partial charge in [0.15, 0.2) is 0 Å². The highest BCUT2D eigenvalue weighted by Crippen LogP contribution is 2.34. The Hall–Kier alpha value is -1.66. The van der Waals surface area contributed by atoms with Crippen molar-refractivity contribution in [2.45, 2.75) is 18.9 Å². The number of carbonyl (C=O) groups is 1. The third-order valence-corrected chi connectivity index (χ3v) is 5.40. The number of aryl methyl sites for hydroxylation is 2. The average Bonchev–Trinajstić information content (AvgIpc) is 2.80. The predicted octanol–water partition coefficient (Wildman–Crippen LogP) is 3.60. The molecule has 22 heavy (non-hydrogen) atoms. The molecule has 2 heterocycles. The van der Waals surface area contributed by atoms with E-state index in [-0.39, 0.29) is 5.91 Å². The summed E-state index contributed by atoms with van der Waals surface area (Å²) in [7, 11) is 0. The summed E-state index contributed by atoms with van der Waals surface area (Å²) in [6.07, 6.45) is 5.01. The number of fused-ring (bicyclic) bond motifs is 1. The van der Waals surface area contributed by atoms with Crippen LogP contribution in [0.4, 0.5) is 0 Å². The van der Waals surface area contributed by atoms with Gasteiger partial charge in [0.05, 0.1) is 5.75 Å². The standard InChI is InChI=1S/C16H19N3OS2/c1-5-7-19(8-6-2)13(20)9-21-15-14-11(3)12(4)22-16(14)18-10-17-15/h5-6,10H,1-2,7-9H2,3-4H3. The molecule has 0 bridgehead atoms. The van der Waals surface area contributed by atoms with Crippen molar-refractivity contribution >= 4 is 39.2 Å². The maximum atomic E-state index is 12.3. The van der Waals surface area contributed by atoms with E-state index in [0.29, 0.717) is 18.8 Å². The molecule has 2 rings (SSSR count). The summed E-state index contributed by atoms with van der Waals surface area (Å²) in [4.78, 5) is 24.9. The van der Waals surface area contributed by atoms with Crippen LogP contribution in [0.15, 0.2) is 36.7 Å². The molecule has 0 saturated carbocycles. The number of hydrogen-bond donors (Lipinski definition) is 0. The lowest BCUT2D eigenvalue weighted by atomic mass is 10.2. The number of aromatic nitrogens is 2. The Morgan fingerprint density at radius 3 is 2.64 bits per heavy atom. The number of thiophene rings is 1. The number of hydrogen-bond acceptors (Lipinski definition) is 5. The molecule has 0 atom stereocenters. The van der Waals surface area contributed by atoms with Gasteiger partial charge in [0.1, 0.15) is 16.2 Å². The van der Waals surface area contributed by atoms with E-state index in [1.54, 1.807) is 34.7 Å². The molecule has 0 N–H and O–H groups in total. The van der Waals surface area contributed by atoms with E-state index in [1.165, 1.54) is 22.2 Å². The number of amides is 1. The Balaban J connectivity index is 2.16. The minimum Gasteiger partial charge on any atom is -0.335 e. The third-order valence-electron chi connectivity index (χ3n) is 3.31. The molecule has 0 fully saturated rings. The van der Waals surface area contributed by atoms with Gasteiger partial charge in [-0.1, -0.05) is 23.9 Å². The monoisotopic (exact) mass is 333 g/mol. The highest BCUT2D eigenvalue weighted by atomic mass is 32.2. The molecule has 2 aromatic heterocycles. The topological polar surface area (TPSA) is 46.1 Å². The van der Waals surface area contributed by atoms with Gasteiger partial charge in [-0.25, -0.2) is 9.97 Å². The second-order valence-electron chi connectivity index (χ2n) is 4.81. The normalized spacial score (nSPS) is 10.6. The highest BCUT2D eigenvalue weighted by Gasteiger charge is 2.15. The zero-order valence-electron chi connectivity index (χ0n) is 12.8. The molecule has 0 spiro atoms. The largest absolute Gasteiger partial charge is 0.335 e. The molecule has 2 aromatic rings. The molecule has 0 radical (unpaired) electrons. The molecule has 1 amide bonds. The van der Waals surface area contributed by atoms with E-state index in [0.717, 1.165) is 15.2 Å². The number of rotatable bonds is 7. The van der Waals surface area contributed by atoms with E-state index >= 15 is 0 Å². The average molecular weight is 333 g/mol. The first-order valence-corrected chi connectivity index (χ1v) is 8.71. The molecule has 6 heteroatoms. The second-order valence-corrected chi connectivity index (χ2v) is 6.97. The zero-order chi connectivity index (χ0) is 16.1. The van der Waals surface area contributed by atoms with Crippen LogP contribution in [0.3, 0.4) is 0 Å². The predicted molar refractivity (Wildman–Crippen MR) is 94.6 cm³/mol. The summed E-state index contributed by atoms with van der Waals surface area (Å²) in [6, 6.07) is 0. The highest BCUT2D eigenvalue weighted by molar-refractivity contribution is 8.00. The van der Waals surface area contributed by atoms with Gasteiger partial charge in [-0.2, -0.15) is 0 Å². The molecular formula is C16H19N3OS2. The van der Waals surface area contributed by atoms with Crippen molar-refractivity contribution in [1.82, 2.24) is 14.9 Å². The fourth-order valence-electron chi connectivity index (χ4n) is 2.07. The Morgan fingerprint density at radius 2 is 2.00 bits per heavy atom. The Labute approximate surface area is 139 Å². The maximum Gasteiger partial charge on any atom is 0.233 e. The van der Waals surface area contributed by atoms with Crippen LogP contribution in [0.5, 0.6) is 0 Å². The number of carbonyl (C=O) groups excluding carboxylic acids is 1. The quantitative estimate of drug-likeness (QED) is 0.441. The Bertz CT molecular complexity index is 699. The number of thioether (sulfide) groups is 1. The van der Waals surface area contributed by atoms with E-state index < -0.39 is 0 Å². The van der Waals surface area contributed by atoms with Crippen molar-refractivity contribution in [1.29, 1.82) is 0 Å². The van der Waals surface area contributed by atoms with Crippen molar-refractivity contribution in [2.24, 2.45) is 0 Å². The van der Waals surface area contributed by atoms with E-state index in [2.05, 4.69) is 37.0 Å². The summed E-state index contributed by atoms with van der Waals surface area (Å²) in [5.41, 5.74) is 1.20. The van der Waals surface area contributed by atoms with E-state index in [4.69, 9.17) is 0 Å². The molecule has 0 saturated heterocycles. The van der Waals surface area contributed by atoms with Gasteiger partial charge in [-0.15, -0.1) is 24.5 Å². The van der Waals surface area contributed by atoms with Crippen LogP contribution in [0, 0.1) is 13.8 Å². The smallest absolute Gasteiger partial charge is 0.233 e. The summed E-state index contributed by atoms with van der Waals surface area (Å²) < 4.78 is 0. The molecular weight excluding hydrogens is 314 g/mol. The molecule has 0 unspecified atom stereocenters. The lowest BCUT2D eigenvalue weighted by Crippen LogP contribution is -2.32. The molecule has 0 aliphatic heterocycles. The number of nitrogens with zero attached hydrogens (tertiary/aromatic N) is 3. The van der Waals surface area contributed by atoms with Crippen LogP contribution in [0.2, 0.25) is 0 Å². The van der Waals surface area contributed by atoms with Crippen molar-refractivity contribution in [3.8, 4) is 0 Å². The molecule has 116 valence electrons. The Kier molecular flexibility index (Phi) is 5.74. The van der Waals surface area contributed by atoms with Gasteiger partial charge in [0.2, 0.25) is 5.91 Å². The minimum atomic E-state index is 0.0566. The van der Waals surface area contributed by atoms with Crippen LogP contribution in [0.25, 0.3) is 10.2 Å². The van der Waals surface area contributed by atoms with Gasteiger partial charge in [-0.3, -0.25) is 4.79 Å². The van der Waals surface area contributed by atoms with E-state index in [9.17, 15) is 4.79 Å². The first kappa shape index (κ1) is 16.7.